The van der Waals surface area contributed by atoms with Gasteiger partial charge in [0, 0.05) is 25.1 Å². The van der Waals surface area contributed by atoms with Gasteiger partial charge in [-0.1, -0.05) is 0 Å². The lowest BCUT2D eigenvalue weighted by atomic mass is 10.1. The highest BCUT2D eigenvalue weighted by molar-refractivity contribution is 5.92. The van der Waals surface area contributed by atoms with Gasteiger partial charge in [0.15, 0.2) is 0 Å². The number of fused-ring (bicyclic) bond motifs is 1. The van der Waals surface area contributed by atoms with E-state index in [0.717, 1.165) is 18.4 Å². The molecular formula is C18H20N4O3. The molecule has 130 valence electrons. The number of carbonyl (C=O) groups excluding carboxylic acids is 1. The van der Waals surface area contributed by atoms with Gasteiger partial charge in [-0.2, -0.15) is 0 Å². The van der Waals surface area contributed by atoms with Gasteiger partial charge < -0.3 is 14.4 Å². The molecule has 1 amide bonds. The largest absolute Gasteiger partial charge is 0.372 e. The maximum absolute atomic E-state index is 12.8. The van der Waals surface area contributed by atoms with Crippen molar-refractivity contribution in [2.24, 2.45) is 0 Å². The highest BCUT2D eigenvalue weighted by atomic mass is 16.5. The third kappa shape index (κ3) is 3.38. The lowest BCUT2D eigenvalue weighted by Crippen LogP contribution is -2.54. The Morgan fingerprint density at radius 3 is 2.84 bits per heavy atom. The fourth-order valence-electron chi connectivity index (χ4n) is 3.59. The van der Waals surface area contributed by atoms with E-state index in [1.165, 1.54) is 6.33 Å². The number of morpholine rings is 1. The third-order valence-corrected chi connectivity index (χ3v) is 4.81. The van der Waals surface area contributed by atoms with Crippen molar-refractivity contribution in [3.05, 3.63) is 54.4 Å². The molecule has 2 aliphatic rings. The molecule has 0 radical (unpaired) electrons. The Labute approximate surface area is 146 Å². The summed E-state index contributed by atoms with van der Waals surface area (Å²) in [6.07, 6.45) is 8.19. The van der Waals surface area contributed by atoms with E-state index in [4.69, 9.17) is 9.47 Å². The number of hydrogen-bond donors (Lipinski definition) is 0. The lowest BCUT2D eigenvalue weighted by molar-refractivity contribution is -0.108. The van der Waals surface area contributed by atoms with Crippen LogP contribution in [0.3, 0.4) is 0 Å². The van der Waals surface area contributed by atoms with Crippen LogP contribution in [0, 0.1) is 0 Å². The number of hydrogen-bond acceptors (Lipinski definition) is 6. The maximum Gasteiger partial charge on any atom is 0.272 e. The second-order valence-corrected chi connectivity index (χ2v) is 6.28. The van der Waals surface area contributed by atoms with Crippen LogP contribution in [0.25, 0.3) is 0 Å². The van der Waals surface area contributed by atoms with Gasteiger partial charge in [-0.25, -0.2) is 9.97 Å². The van der Waals surface area contributed by atoms with E-state index in [2.05, 4.69) is 15.0 Å². The van der Waals surface area contributed by atoms with Gasteiger partial charge in [0.1, 0.15) is 18.1 Å². The Kier molecular flexibility index (Phi) is 4.67. The zero-order valence-corrected chi connectivity index (χ0v) is 13.8. The van der Waals surface area contributed by atoms with Gasteiger partial charge in [-0.15, -0.1) is 0 Å². The summed E-state index contributed by atoms with van der Waals surface area (Å²) in [5.74, 6) is -0.0597. The number of carbonyl (C=O) groups is 1. The minimum Gasteiger partial charge on any atom is -0.372 e. The molecule has 1 aliphatic carbocycles. The maximum atomic E-state index is 12.8. The first-order valence-corrected chi connectivity index (χ1v) is 8.52. The van der Waals surface area contributed by atoms with Crippen LogP contribution in [0.5, 0.6) is 0 Å². The Balaban J connectivity index is 1.42. The predicted octanol–water partition coefficient (Wildman–Crippen LogP) is 1.46. The van der Waals surface area contributed by atoms with Gasteiger partial charge in [-0.3, -0.25) is 9.78 Å². The number of rotatable bonds is 4. The topological polar surface area (TPSA) is 77.4 Å². The minimum absolute atomic E-state index is 0.000774. The molecule has 0 spiro atoms. The standard InChI is InChI=1S/C18H20N4O3/c23-18(14-5-8-20-12-21-14)22-9-10-24-17-15(22)1-2-16(17)25-11-13-3-6-19-7-4-13/h3-8,12,15-17H,1-2,9-11H2/t15-,16-,17-/m0/s1. The molecule has 1 saturated heterocycles. The molecule has 7 heteroatoms. The van der Waals surface area contributed by atoms with Crippen molar-refractivity contribution >= 4 is 5.91 Å². The molecule has 0 bridgehead atoms. The minimum atomic E-state index is -0.0821. The van der Waals surface area contributed by atoms with E-state index in [9.17, 15) is 4.79 Å². The van der Waals surface area contributed by atoms with E-state index in [-0.39, 0.29) is 24.2 Å². The first-order chi connectivity index (χ1) is 12.3. The molecule has 2 aromatic heterocycles. The zero-order valence-electron chi connectivity index (χ0n) is 13.8. The van der Waals surface area contributed by atoms with Crippen LogP contribution in [-0.2, 0) is 16.1 Å². The van der Waals surface area contributed by atoms with Crippen molar-refractivity contribution in [2.45, 2.75) is 37.7 Å². The molecule has 0 unspecified atom stereocenters. The first-order valence-electron chi connectivity index (χ1n) is 8.52. The van der Waals surface area contributed by atoms with Crippen LogP contribution in [0.2, 0.25) is 0 Å². The number of pyridine rings is 1. The molecule has 3 atom stereocenters. The Morgan fingerprint density at radius 1 is 1.20 bits per heavy atom. The highest BCUT2D eigenvalue weighted by Gasteiger charge is 2.45. The molecule has 7 nitrogen and oxygen atoms in total. The average molecular weight is 340 g/mol. The van der Waals surface area contributed by atoms with E-state index >= 15 is 0 Å². The highest BCUT2D eigenvalue weighted by Crippen LogP contribution is 2.33. The molecule has 1 saturated carbocycles. The molecule has 1 aliphatic heterocycles. The van der Waals surface area contributed by atoms with Crippen molar-refractivity contribution in [1.82, 2.24) is 19.9 Å². The van der Waals surface area contributed by atoms with Crippen LogP contribution in [0.1, 0.15) is 28.9 Å². The fraction of sp³-hybridized carbons (Fsp3) is 0.444. The summed E-state index contributed by atoms with van der Waals surface area (Å²) in [4.78, 5) is 26.6. The third-order valence-electron chi connectivity index (χ3n) is 4.81. The number of nitrogens with zero attached hydrogens (tertiary/aromatic N) is 4. The number of amides is 1. The lowest BCUT2D eigenvalue weighted by Gasteiger charge is -2.38. The zero-order chi connectivity index (χ0) is 17.1. The number of aromatic nitrogens is 3. The monoisotopic (exact) mass is 340 g/mol. The van der Waals surface area contributed by atoms with E-state index < -0.39 is 0 Å². The molecule has 0 aromatic carbocycles. The molecule has 4 rings (SSSR count). The summed E-state index contributed by atoms with van der Waals surface area (Å²) in [5, 5.41) is 0. The molecule has 2 fully saturated rings. The normalized spacial score (nSPS) is 25.6. The molecule has 3 heterocycles. The van der Waals surface area contributed by atoms with Crippen molar-refractivity contribution in [2.75, 3.05) is 13.2 Å². The van der Waals surface area contributed by atoms with Gasteiger partial charge >= 0.3 is 0 Å². The summed E-state index contributed by atoms with van der Waals surface area (Å²) in [6, 6.07) is 5.58. The molecule has 25 heavy (non-hydrogen) atoms. The summed E-state index contributed by atoms with van der Waals surface area (Å²) in [6.45, 7) is 1.63. The number of ether oxygens (including phenoxy) is 2. The fourth-order valence-corrected chi connectivity index (χ4v) is 3.59. The molecule has 2 aromatic rings. The van der Waals surface area contributed by atoms with Crippen molar-refractivity contribution in [1.29, 1.82) is 0 Å². The van der Waals surface area contributed by atoms with Crippen molar-refractivity contribution < 1.29 is 14.3 Å². The Hall–Kier alpha value is -2.38. The van der Waals surface area contributed by atoms with Crippen molar-refractivity contribution in [3.8, 4) is 0 Å². The predicted molar refractivity (Wildman–Crippen MR) is 88.6 cm³/mol. The second-order valence-electron chi connectivity index (χ2n) is 6.28. The van der Waals surface area contributed by atoms with Crippen LogP contribution in [-0.4, -0.2) is 57.2 Å². The van der Waals surface area contributed by atoms with Crippen LogP contribution in [0.4, 0.5) is 0 Å². The van der Waals surface area contributed by atoms with E-state index in [0.29, 0.717) is 25.5 Å². The summed E-state index contributed by atoms with van der Waals surface area (Å²) < 4.78 is 12.0. The smallest absolute Gasteiger partial charge is 0.272 e. The van der Waals surface area contributed by atoms with E-state index in [1.807, 2.05) is 17.0 Å². The van der Waals surface area contributed by atoms with Crippen LogP contribution in [0.15, 0.2) is 43.1 Å². The molecular weight excluding hydrogens is 320 g/mol. The quantitative estimate of drug-likeness (QED) is 0.839. The van der Waals surface area contributed by atoms with Crippen LogP contribution >= 0.6 is 0 Å². The summed E-state index contributed by atoms with van der Waals surface area (Å²) >= 11 is 0. The first kappa shape index (κ1) is 16.1. The average Bonchev–Trinajstić information content (AvgIpc) is 3.10. The van der Waals surface area contributed by atoms with Crippen LogP contribution < -0.4 is 0 Å². The van der Waals surface area contributed by atoms with Crippen molar-refractivity contribution in [3.63, 3.8) is 0 Å². The molecule has 0 N–H and O–H groups in total. The summed E-state index contributed by atoms with van der Waals surface area (Å²) in [7, 11) is 0. The summed E-state index contributed by atoms with van der Waals surface area (Å²) in [5.41, 5.74) is 1.51. The van der Waals surface area contributed by atoms with Gasteiger partial charge in [0.05, 0.1) is 25.4 Å². The Bertz CT molecular complexity index is 713. The SMILES string of the molecule is O=C(c1ccncn1)N1CCO[C@@H]2[C@@H](OCc3ccncc3)CC[C@@H]21. The van der Waals surface area contributed by atoms with E-state index in [1.54, 1.807) is 24.7 Å². The second kappa shape index (κ2) is 7.25. The Morgan fingerprint density at radius 2 is 2.04 bits per heavy atom. The van der Waals surface area contributed by atoms with Gasteiger partial charge in [0.2, 0.25) is 0 Å². The van der Waals surface area contributed by atoms with Gasteiger partial charge in [-0.05, 0) is 36.6 Å². The van der Waals surface area contributed by atoms with Gasteiger partial charge in [0.25, 0.3) is 5.91 Å².